The van der Waals surface area contributed by atoms with E-state index >= 15 is 0 Å². The lowest BCUT2D eigenvalue weighted by molar-refractivity contribution is -0.129. The third-order valence-electron chi connectivity index (χ3n) is 4.84. The summed E-state index contributed by atoms with van der Waals surface area (Å²) in [7, 11) is 0. The molecule has 0 spiro atoms. The lowest BCUT2D eigenvalue weighted by Gasteiger charge is -2.19. The molecule has 6 heteroatoms. The predicted molar refractivity (Wildman–Crippen MR) is 114 cm³/mol. The average Bonchev–Trinajstić information content (AvgIpc) is 2.74. The van der Waals surface area contributed by atoms with E-state index in [9.17, 15) is 9.59 Å². The van der Waals surface area contributed by atoms with Crippen molar-refractivity contribution in [1.29, 1.82) is 0 Å². The Bertz CT molecular complexity index is 1010. The maximum Gasteiger partial charge on any atom is 0.339 e. The molecule has 5 nitrogen and oxygen atoms in total. The van der Waals surface area contributed by atoms with E-state index in [2.05, 4.69) is 17.2 Å². The van der Waals surface area contributed by atoms with Crippen LogP contribution in [0.1, 0.15) is 42.1 Å². The molecule has 0 saturated carbocycles. The van der Waals surface area contributed by atoms with Gasteiger partial charge in [0.15, 0.2) is 6.10 Å². The summed E-state index contributed by atoms with van der Waals surface area (Å²) in [6, 6.07) is 18.6. The van der Waals surface area contributed by atoms with Crippen molar-refractivity contribution in [3.8, 4) is 0 Å². The number of pyridine rings is 1. The summed E-state index contributed by atoms with van der Waals surface area (Å²) in [6.07, 6.45) is -0.0403. The number of ether oxygens (including phenoxy) is 1. The number of amides is 1. The van der Waals surface area contributed by atoms with Crippen LogP contribution in [-0.2, 0) is 9.53 Å². The molecule has 1 aromatic heterocycles. The van der Waals surface area contributed by atoms with E-state index in [4.69, 9.17) is 16.3 Å². The molecule has 0 aliphatic rings. The molecule has 0 aliphatic carbocycles. The highest BCUT2D eigenvalue weighted by atomic mass is 35.5. The van der Waals surface area contributed by atoms with Gasteiger partial charge in [-0.15, -0.1) is 0 Å². The molecule has 150 valence electrons. The number of nitrogens with zero attached hydrogens (tertiary/aromatic N) is 1. The van der Waals surface area contributed by atoms with Crippen molar-refractivity contribution in [2.75, 3.05) is 6.54 Å². The Kier molecular flexibility index (Phi) is 6.83. The largest absolute Gasteiger partial charge is 0.449 e. The molecule has 3 aromatic rings. The minimum Gasteiger partial charge on any atom is -0.449 e. The maximum absolute atomic E-state index is 12.7. The molecule has 0 unspecified atom stereocenters. The normalized spacial score (nSPS) is 12.9. The van der Waals surface area contributed by atoms with Gasteiger partial charge in [0.1, 0.15) is 5.15 Å². The topological polar surface area (TPSA) is 68.3 Å². The second-order valence-electron chi connectivity index (χ2n) is 6.82. The van der Waals surface area contributed by atoms with E-state index in [-0.39, 0.29) is 22.5 Å². The van der Waals surface area contributed by atoms with Gasteiger partial charge in [-0.05, 0) is 31.0 Å². The second kappa shape index (κ2) is 9.52. The Balaban J connectivity index is 1.65. The summed E-state index contributed by atoms with van der Waals surface area (Å²) in [5, 5.41) is 3.71. The fourth-order valence-corrected chi connectivity index (χ4v) is 3.38. The van der Waals surface area contributed by atoms with Crippen LogP contribution in [0, 0.1) is 0 Å². The van der Waals surface area contributed by atoms with Crippen molar-refractivity contribution < 1.29 is 14.3 Å². The highest BCUT2D eigenvalue weighted by Crippen LogP contribution is 2.22. The van der Waals surface area contributed by atoms with E-state index in [1.54, 1.807) is 25.1 Å². The monoisotopic (exact) mass is 410 g/mol. The van der Waals surface area contributed by atoms with E-state index in [1.807, 2.05) is 36.4 Å². The molecule has 0 radical (unpaired) electrons. The number of hydrogen-bond donors (Lipinski definition) is 1. The summed E-state index contributed by atoms with van der Waals surface area (Å²) in [5.41, 5.74) is 2.05. The van der Waals surface area contributed by atoms with Crippen molar-refractivity contribution in [1.82, 2.24) is 10.3 Å². The van der Waals surface area contributed by atoms with Crippen molar-refractivity contribution >= 4 is 34.4 Å². The van der Waals surface area contributed by atoms with Crippen LogP contribution in [0.15, 0.2) is 60.7 Å². The van der Waals surface area contributed by atoms with Crippen LogP contribution in [0.2, 0.25) is 5.15 Å². The molecule has 1 heterocycles. The Hall–Kier alpha value is -2.92. The standard InChI is InChI=1S/C23H23ClN2O3/c1-3-16(17-9-5-4-6-10-17)14-25-22(27)15(2)29-23(28)19-13-21(24)26-20-12-8-7-11-18(19)20/h4-13,15-16H,3,14H2,1-2H3,(H,25,27)/t15-,16+/m1/s1. The highest BCUT2D eigenvalue weighted by Gasteiger charge is 2.22. The smallest absolute Gasteiger partial charge is 0.339 e. The molecular weight excluding hydrogens is 388 g/mol. The molecule has 1 amide bonds. The van der Waals surface area contributed by atoms with Gasteiger partial charge in [-0.1, -0.05) is 67.1 Å². The molecule has 0 aliphatic heterocycles. The first-order valence-corrected chi connectivity index (χ1v) is 9.96. The number of rotatable bonds is 7. The minimum absolute atomic E-state index is 0.196. The van der Waals surface area contributed by atoms with Gasteiger partial charge in [0.2, 0.25) is 0 Å². The molecule has 2 aromatic carbocycles. The van der Waals surface area contributed by atoms with Crippen LogP contribution in [0.25, 0.3) is 10.9 Å². The van der Waals surface area contributed by atoms with Crippen molar-refractivity contribution in [2.24, 2.45) is 0 Å². The second-order valence-corrected chi connectivity index (χ2v) is 7.21. The number of para-hydroxylation sites is 1. The predicted octanol–water partition coefficient (Wildman–Crippen LogP) is 4.74. The fraction of sp³-hybridized carbons (Fsp3) is 0.261. The molecule has 0 fully saturated rings. The Morgan fingerprint density at radius 2 is 1.79 bits per heavy atom. The molecule has 3 rings (SSSR count). The average molecular weight is 411 g/mol. The zero-order chi connectivity index (χ0) is 20.8. The van der Waals surface area contributed by atoms with Gasteiger partial charge in [0, 0.05) is 17.8 Å². The van der Waals surface area contributed by atoms with Crippen molar-refractivity contribution in [3.05, 3.63) is 76.9 Å². The molecule has 0 saturated heterocycles. The third-order valence-corrected chi connectivity index (χ3v) is 5.04. The number of carbonyl (C=O) groups is 2. The fourth-order valence-electron chi connectivity index (χ4n) is 3.18. The quantitative estimate of drug-likeness (QED) is 0.451. The van der Waals surface area contributed by atoms with Crippen LogP contribution < -0.4 is 5.32 Å². The number of nitrogens with one attached hydrogen (secondary N) is 1. The van der Waals surface area contributed by atoms with Gasteiger partial charge in [0.05, 0.1) is 11.1 Å². The van der Waals surface area contributed by atoms with E-state index in [0.717, 1.165) is 12.0 Å². The van der Waals surface area contributed by atoms with Crippen LogP contribution in [-0.4, -0.2) is 29.5 Å². The first-order valence-electron chi connectivity index (χ1n) is 9.58. The zero-order valence-corrected chi connectivity index (χ0v) is 17.1. The molecule has 29 heavy (non-hydrogen) atoms. The summed E-state index contributed by atoms with van der Waals surface area (Å²) >= 11 is 6.03. The maximum atomic E-state index is 12.7. The number of benzene rings is 2. The van der Waals surface area contributed by atoms with Gasteiger partial charge in [-0.3, -0.25) is 4.79 Å². The van der Waals surface area contributed by atoms with Crippen LogP contribution in [0.4, 0.5) is 0 Å². The van der Waals surface area contributed by atoms with Gasteiger partial charge in [-0.2, -0.15) is 0 Å². The van der Waals surface area contributed by atoms with Gasteiger partial charge < -0.3 is 10.1 Å². The first kappa shape index (κ1) is 20.8. The minimum atomic E-state index is -0.929. The summed E-state index contributed by atoms with van der Waals surface area (Å²) in [6.45, 7) is 4.11. The van der Waals surface area contributed by atoms with Gasteiger partial charge in [-0.25, -0.2) is 9.78 Å². The van der Waals surface area contributed by atoms with Crippen LogP contribution in [0.3, 0.4) is 0 Å². The molecule has 1 N–H and O–H groups in total. The van der Waals surface area contributed by atoms with E-state index in [1.165, 1.54) is 6.07 Å². The molecule has 2 atom stereocenters. The third kappa shape index (κ3) is 5.12. The Morgan fingerprint density at radius 1 is 1.10 bits per heavy atom. The molecule has 0 bridgehead atoms. The number of carbonyl (C=O) groups excluding carboxylic acids is 2. The lowest BCUT2D eigenvalue weighted by Crippen LogP contribution is -2.38. The zero-order valence-electron chi connectivity index (χ0n) is 16.4. The SMILES string of the molecule is CC[C@@H](CNC(=O)[C@@H](C)OC(=O)c1cc(Cl)nc2ccccc12)c1ccccc1. The van der Waals surface area contributed by atoms with Crippen molar-refractivity contribution in [3.63, 3.8) is 0 Å². The Morgan fingerprint density at radius 3 is 2.52 bits per heavy atom. The van der Waals surface area contributed by atoms with Crippen molar-refractivity contribution in [2.45, 2.75) is 32.3 Å². The Labute approximate surface area is 175 Å². The van der Waals surface area contributed by atoms with Gasteiger partial charge >= 0.3 is 5.97 Å². The van der Waals surface area contributed by atoms with E-state index in [0.29, 0.717) is 17.4 Å². The number of hydrogen-bond acceptors (Lipinski definition) is 4. The lowest BCUT2D eigenvalue weighted by atomic mass is 9.96. The van der Waals surface area contributed by atoms with E-state index < -0.39 is 12.1 Å². The summed E-state index contributed by atoms with van der Waals surface area (Å²) < 4.78 is 5.40. The first-order chi connectivity index (χ1) is 14.0. The number of esters is 1. The van der Waals surface area contributed by atoms with Crippen LogP contribution in [0.5, 0.6) is 0 Å². The number of fused-ring (bicyclic) bond motifs is 1. The summed E-state index contributed by atoms with van der Waals surface area (Å²) in [5.74, 6) is -0.744. The summed E-state index contributed by atoms with van der Waals surface area (Å²) in [4.78, 5) is 29.3. The number of halogens is 1. The van der Waals surface area contributed by atoms with Crippen LogP contribution >= 0.6 is 11.6 Å². The molecular formula is C23H23ClN2O3. The van der Waals surface area contributed by atoms with Gasteiger partial charge in [0.25, 0.3) is 5.91 Å². The highest BCUT2D eigenvalue weighted by molar-refractivity contribution is 6.30. The number of aromatic nitrogens is 1.